The molecule has 7 nitrogen and oxygen atoms in total. The van der Waals surface area contributed by atoms with Crippen LogP contribution in [0.5, 0.6) is 0 Å². The number of sulfone groups is 1. The van der Waals surface area contributed by atoms with Crippen molar-refractivity contribution in [2.75, 3.05) is 5.75 Å². The number of fused-ring (bicyclic) bond motifs is 1. The van der Waals surface area contributed by atoms with E-state index in [1.807, 2.05) is 0 Å². The molecule has 0 saturated carbocycles. The van der Waals surface area contributed by atoms with Gasteiger partial charge in [0.1, 0.15) is 16.1 Å². The number of nitrogens with zero attached hydrogens (tertiary/aromatic N) is 2. The van der Waals surface area contributed by atoms with Gasteiger partial charge in [-0.3, -0.25) is 0 Å². The molecule has 24 heavy (non-hydrogen) atoms. The molecule has 0 aliphatic heterocycles. The first-order chi connectivity index (χ1) is 11.2. The van der Waals surface area contributed by atoms with E-state index in [9.17, 15) is 20.7 Å². The molecule has 126 valence electrons. The predicted molar refractivity (Wildman–Crippen MR) is 83.3 cm³/mol. The van der Waals surface area contributed by atoms with E-state index in [-0.39, 0.29) is 33.3 Å². The molecule has 0 fully saturated rings. The van der Waals surface area contributed by atoms with Crippen molar-refractivity contribution < 1.29 is 25.1 Å². The summed E-state index contributed by atoms with van der Waals surface area (Å²) in [5.41, 5.74) is 0.275. The van der Waals surface area contributed by atoms with E-state index in [0.717, 1.165) is 12.1 Å². The average molecular weight is 370 g/mol. The molecule has 3 aromatic rings. The number of benzene rings is 1. The highest BCUT2D eigenvalue weighted by Gasteiger charge is 2.22. The molecule has 10 heteroatoms. The predicted octanol–water partition coefficient (Wildman–Crippen LogP) is 2.34. The fourth-order valence-corrected chi connectivity index (χ4v) is 3.63. The Morgan fingerprint density at radius 2 is 1.92 bits per heavy atom. The third kappa shape index (κ3) is 2.89. The highest BCUT2D eigenvalue weighted by Crippen LogP contribution is 2.29. The second-order valence-corrected chi connectivity index (χ2v) is 8.43. The molecule has 0 aliphatic rings. The number of hydrogen-bond acceptors (Lipinski definition) is 7. The fraction of sp³-hybridized carbons (Fsp3) is 0.143. The molecule has 0 aliphatic carbocycles. The van der Waals surface area contributed by atoms with Gasteiger partial charge in [0.05, 0.1) is 10.6 Å². The van der Waals surface area contributed by atoms with Gasteiger partial charge in [-0.1, -0.05) is 6.92 Å². The van der Waals surface area contributed by atoms with Gasteiger partial charge in [0.15, 0.2) is 15.4 Å². The Kier molecular flexibility index (Phi) is 3.88. The zero-order valence-electron chi connectivity index (χ0n) is 12.3. The number of pyridine rings is 1. The van der Waals surface area contributed by atoms with Crippen LogP contribution in [0.1, 0.15) is 6.92 Å². The lowest BCUT2D eigenvalue weighted by Crippen LogP contribution is -2.06. The SMILES string of the molecule is CCS(=O)(=O)c1cccnc1-c1nc2cc(S(=O)(=O)F)ccc2o1. The van der Waals surface area contributed by atoms with E-state index in [1.54, 1.807) is 0 Å². The van der Waals surface area contributed by atoms with Crippen molar-refractivity contribution in [3.8, 4) is 11.6 Å². The van der Waals surface area contributed by atoms with Gasteiger partial charge in [-0.15, -0.1) is 3.89 Å². The third-order valence-electron chi connectivity index (χ3n) is 3.33. The molecule has 2 aromatic heterocycles. The molecule has 0 spiro atoms. The maximum absolute atomic E-state index is 13.1. The first kappa shape index (κ1) is 16.5. The Labute approximate surface area is 137 Å². The average Bonchev–Trinajstić information content (AvgIpc) is 2.97. The van der Waals surface area contributed by atoms with E-state index < -0.39 is 25.0 Å². The Morgan fingerprint density at radius 1 is 1.17 bits per heavy atom. The lowest BCUT2D eigenvalue weighted by molar-refractivity contribution is 0.552. The molecule has 0 bridgehead atoms. The Morgan fingerprint density at radius 3 is 2.58 bits per heavy atom. The number of rotatable bonds is 4. The molecule has 1 aromatic carbocycles. The standard InChI is InChI=1S/C14H11FN2O5S2/c1-2-23(18,19)12-4-3-7-16-13(12)14-17-10-8-9(24(15,20)21)5-6-11(10)22-14/h3-8H,2H2,1H3. The molecule has 0 unspecified atom stereocenters. The zero-order chi connectivity index (χ0) is 17.5. The van der Waals surface area contributed by atoms with Gasteiger partial charge >= 0.3 is 10.2 Å². The maximum atomic E-state index is 13.1. The third-order valence-corrected chi connectivity index (χ3v) is 5.91. The van der Waals surface area contributed by atoms with Gasteiger partial charge in [0.2, 0.25) is 5.89 Å². The highest BCUT2D eigenvalue weighted by atomic mass is 32.3. The topological polar surface area (TPSA) is 107 Å². The van der Waals surface area contributed by atoms with Crippen LogP contribution in [0.3, 0.4) is 0 Å². The summed E-state index contributed by atoms with van der Waals surface area (Å²) in [7, 11) is -8.44. The Balaban J connectivity index is 2.22. The normalized spacial score (nSPS) is 12.6. The monoisotopic (exact) mass is 370 g/mol. The van der Waals surface area contributed by atoms with Gasteiger partial charge in [0.25, 0.3) is 0 Å². The van der Waals surface area contributed by atoms with E-state index in [1.165, 1.54) is 31.3 Å². The van der Waals surface area contributed by atoms with Crippen LogP contribution >= 0.6 is 0 Å². The van der Waals surface area contributed by atoms with Crippen molar-refractivity contribution in [3.63, 3.8) is 0 Å². The summed E-state index contributed by atoms with van der Waals surface area (Å²) in [6.07, 6.45) is 1.39. The van der Waals surface area contributed by atoms with Crippen molar-refractivity contribution in [2.45, 2.75) is 16.7 Å². The smallest absolute Gasteiger partial charge is 0.332 e. The van der Waals surface area contributed by atoms with Gasteiger partial charge in [-0.05, 0) is 30.3 Å². The molecular weight excluding hydrogens is 359 g/mol. The largest absolute Gasteiger partial charge is 0.435 e. The van der Waals surface area contributed by atoms with Gasteiger partial charge < -0.3 is 4.42 Å². The van der Waals surface area contributed by atoms with Crippen LogP contribution in [0.2, 0.25) is 0 Å². The van der Waals surface area contributed by atoms with E-state index in [4.69, 9.17) is 4.42 Å². The second-order valence-electron chi connectivity index (χ2n) is 4.84. The fourth-order valence-electron chi connectivity index (χ4n) is 2.12. The summed E-state index contributed by atoms with van der Waals surface area (Å²) in [6, 6.07) is 6.15. The summed E-state index contributed by atoms with van der Waals surface area (Å²) in [6.45, 7) is 1.50. The van der Waals surface area contributed by atoms with Crippen LogP contribution in [0.15, 0.2) is 50.7 Å². The quantitative estimate of drug-likeness (QED) is 0.649. The molecule has 0 radical (unpaired) electrons. The van der Waals surface area contributed by atoms with Gasteiger partial charge in [0, 0.05) is 6.20 Å². The molecule has 0 N–H and O–H groups in total. The van der Waals surface area contributed by atoms with Crippen molar-refractivity contribution in [3.05, 3.63) is 36.5 Å². The van der Waals surface area contributed by atoms with Gasteiger partial charge in [-0.2, -0.15) is 8.42 Å². The number of aromatic nitrogens is 2. The second kappa shape index (κ2) is 5.64. The molecule has 0 amide bonds. The summed E-state index contributed by atoms with van der Waals surface area (Å²) in [5.74, 6) is -0.220. The Bertz CT molecular complexity index is 1140. The summed E-state index contributed by atoms with van der Waals surface area (Å²) >= 11 is 0. The van der Waals surface area contributed by atoms with Crippen LogP contribution in [0, 0.1) is 0 Å². The summed E-state index contributed by atoms with van der Waals surface area (Å²) < 4.78 is 64.8. The lowest BCUT2D eigenvalue weighted by Gasteiger charge is -2.04. The van der Waals surface area contributed by atoms with Crippen molar-refractivity contribution >= 4 is 31.2 Å². The number of hydrogen-bond donors (Lipinski definition) is 0. The van der Waals surface area contributed by atoms with Crippen molar-refractivity contribution in [1.29, 1.82) is 0 Å². The minimum Gasteiger partial charge on any atom is -0.435 e. The molecule has 0 saturated heterocycles. The zero-order valence-corrected chi connectivity index (χ0v) is 13.9. The van der Waals surface area contributed by atoms with E-state index in [0.29, 0.717) is 0 Å². The van der Waals surface area contributed by atoms with E-state index in [2.05, 4.69) is 9.97 Å². The van der Waals surface area contributed by atoms with Gasteiger partial charge in [-0.25, -0.2) is 18.4 Å². The van der Waals surface area contributed by atoms with Crippen LogP contribution < -0.4 is 0 Å². The molecule has 3 rings (SSSR count). The first-order valence-corrected chi connectivity index (χ1v) is 9.79. The Hall–Kier alpha value is -2.33. The molecule has 2 heterocycles. The molecule has 0 atom stereocenters. The lowest BCUT2D eigenvalue weighted by atomic mass is 10.3. The van der Waals surface area contributed by atoms with Crippen molar-refractivity contribution in [1.82, 2.24) is 9.97 Å². The minimum atomic E-state index is -4.88. The van der Waals surface area contributed by atoms with Crippen LogP contribution in [-0.4, -0.2) is 32.6 Å². The first-order valence-electron chi connectivity index (χ1n) is 6.76. The molecular formula is C14H11FN2O5S2. The van der Waals surface area contributed by atoms with Crippen LogP contribution in [-0.2, 0) is 20.1 Å². The van der Waals surface area contributed by atoms with Crippen molar-refractivity contribution in [2.24, 2.45) is 0 Å². The number of oxazole rings is 1. The highest BCUT2D eigenvalue weighted by molar-refractivity contribution is 7.91. The maximum Gasteiger partial charge on any atom is 0.332 e. The summed E-state index contributed by atoms with van der Waals surface area (Å²) in [4.78, 5) is 7.44. The van der Waals surface area contributed by atoms with Crippen LogP contribution in [0.4, 0.5) is 3.89 Å². The summed E-state index contributed by atoms with van der Waals surface area (Å²) in [5, 5.41) is 0. The van der Waals surface area contributed by atoms with E-state index >= 15 is 0 Å². The minimum absolute atomic E-state index is 0.0141. The number of halogens is 1. The van der Waals surface area contributed by atoms with Crippen LogP contribution in [0.25, 0.3) is 22.7 Å².